The largest absolute Gasteiger partial charge is 0.478 e. The van der Waals surface area contributed by atoms with Crippen molar-refractivity contribution in [2.24, 2.45) is 5.92 Å². The summed E-state index contributed by atoms with van der Waals surface area (Å²) in [5.74, 6) is 0.452. The lowest BCUT2D eigenvalue weighted by molar-refractivity contribution is 0.0694. The molecule has 1 unspecified atom stereocenters. The molecule has 4 heteroatoms. The molecule has 0 amide bonds. The van der Waals surface area contributed by atoms with Crippen LogP contribution in [-0.4, -0.2) is 17.1 Å². The molecule has 0 aliphatic heterocycles. The predicted octanol–water partition coefficient (Wildman–Crippen LogP) is 2.26. The van der Waals surface area contributed by atoms with Crippen LogP contribution in [0, 0.1) is 5.92 Å². The summed E-state index contributed by atoms with van der Waals surface area (Å²) in [6.07, 6.45) is 5.27. The molecule has 2 N–H and O–H groups in total. The molecule has 88 valence electrons. The Kier molecular flexibility index (Phi) is 3.29. The van der Waals surface area contributed by atoms with Crippen LogP contribution in [-0.2, 0) is 6.54 Å². The molecule has 1 atom stereocenters. The first-order chi connectivity index (χ1) is 7.66. The molecule has 4 nitrogen and oxygen atoms in total. The van der Waals surface area contributed by atoms with Gasteiger partial charge in [0.25, 0.3) is 0 Å². The summed E-state index contributed by atoms with van der Waals surface area (Å²) in [6.45, 7) is 2.62. The maximum Gasteiger partial charge on any atom is 0.339 e. The van der Waals surface area contributed by atoms with Crippen LogP contribution in [0.5, 0.6) is 0 Å². The van der Waals surface area contributed by atoms with Gasteiger partial charge in [-0.3, -0.25) is 0 Å². The first kappa shape index (κ1) is 11.2. The van der Waals surface area contributed by atoms with Gasteiger partial charge in [0.15, 0.2) is 0 Å². The molecule has 0 spiro atoms. The maximum absolute atomic E-state index is 10.8. The predicted molar refractivity (Wildman–Crippen MR) is 59.3 cm³/mol. The van der Waals surface area contributed by atoms with E-state index in [0.717, 1.165) is 5.92 Å². The van der Waals surface area contributed by atoms with Gasteiger partial charge in [-0.15, -0.1) is 0 Å². The van der Waals surface area contributed by atoms with E-state index >= 15 is 0 Å². The SMILES string of the molecule is CC(CC1CC1)NCc1occc1C(=O)O. The van der Waals surface area contributed by atoms with Crippen LogP contribution in [0.2, 0.25) is 0 Å². The van der Waals surface area contributed by atoms with Gasteiger partial charge >= 0.3 is 5.97 Å². The second-order valence-corrected chi connectivity index (χ2v) is 4.52. The number of carboxylic acid groups (broad SMARTS) is 1. The number of aromatic carboxylic acids is 1. The third-order valence-electron chi connectivity index (χ3n) is 2.97. The van der Waals surface area contributed by atoms with Gasteiger partial charge in [0.05, 0.1) is 12.8 Å². The second-order valence-electron chi connectivity index (χ2n) is 4.52. The van der Waals surface area contributed by atoms with Gasteiger partial charge in [-0.05, 0) is 25.3 Å². The van der Waals surface area contributed by atoms with Gasteiger partial charge in [-0.25, -0.2) is 4.79 Å². The zero-order chi connectivity index (χ0) is 11.5. The molecule has 1 saturated carbocycles. The minimum atomic E-state index is -0.930. The van der Waals surface area contributed by atoms with Gasteiger partial charge in [0.1, 0.15) is 11.3 Å². The van der Waals surface area contributed by atoms with Crippen molar-refractivity contribution in [3.8, 4) is 0 Å². The van der Waals surface area contributed by atoms with Crippen molar-refractivity contribution >= 4 is 5.97 Å². The number of rotatable bonds is 6. The highest BCUT2D eigenvalue weighted by molar-refractivity contribution is 5.88. The summed E-state index contributed by atoms with van der Waals surface area (Å²) in [6, 6.07) is 1.91. The molecular formula is C12H17NO3. The molecule has 0 radical (unpaired) electrons. The summed E-state index contributed by atoms with van der Waals surface area (Å²) < 4.78 is 5.15. The molecule has 0 bridgehead atoms. The van der Waals surface area contributed by atoms with Crippen molar-refractivity contribution < 1.29 is 14.3 Å². The van der Waals surface area contributed by atoms with Crippen molar-refractivity contribution in [1.29, 1.82) is 0 Å². The highest BCUT2D eigenvalue weighted by Gasteiger charge is 2.23. The molecule has 2 rings (SSSR count). The summed E-state index contributed by atoms with van der Waals surface area (Å²) >= 11 is 0. The fraction of sp³-hybridized carbons (Fsp3) is 0.583. The standard InChI is InChI=1S/C12H17NO3/c1-8(6-9-2-3-9)13-7-11-10(12(14)15)4-5-16-11/h4-5,8-9,13H,2-3,6-7H2,1H3,(H,14,15). The Labute approximate surface area is 94.6 Å². The summed E-state index contributed by atoms with van der Waals surface area (Å²) in [4.78, 5) is 10.8. The van der Waals surface area contributed by atoms with E-state index in [1.54, 1.807) is 0 Å². The van der Waals surface area contributed by atoms with Crippen LogP contribution in [0.15, 0.2) is 16.7 Å². The number of nitrogens with one attached hydrogen (secondary N) is 1. The first-order valence-corrected chi connectivity index (χ1v) is 5.70. The van der Waals surface area contributed by atoms with E-state index in [0.29, 0.717) is 18.3 Å². The van der Waals surface area contributed by atoms with Crippen molar-refractivity contribution in [3.05, 3.63) is 23.7 Å². The molecule has 1 heterocycles. The van der Waals surface area contributed by atoms with Crippen LogP contribution in [0.25, 0.3) is 0 Å². The molecular weight excluding hydrogens is 206 g/mol. The fourth-order valence-electron chi connectivity index (χ4n) is 1.87. The minimum Gasteiger partial charge on any atom is -0.478 e. The number of hydrogen-bond acceptors (Lipinski definition) is 3. The van der Waals surface area contributed by atoms with E-state index in [-0.39, 0.29) is 5.56 Å². The minimum absolute atomic E-state index is 0.256. The Morgan fingerprint density at radius 3 is 3.06 bits per heavy atom. The van der Waals surface area contributed by atoms with Crippen LogP contribution in [0.4, 0.5) is 0 Å². The average molecular weight is 223 g/mol. The third kappa shape index (κ3) is 2.85. The van der Waals surface area contributed by atoms with E-state index in [9.17, 15) is 4.79 Å². The molecule has 1 fully saturated rings. The van der Waals surface area contributed by atoms with E-state index in [2.05, 4.69) is 12.2 Å². The highest BCUT2D eigenvalue weighted by atomic mass is 16.4. The van der Waals surface area contributed by atoms with E-state index < -0.39 is 5.97 Å². The lowest BCUT2D eigenvalue weighted by atomic mass is 10.1. The van der Waals surface area contributed by atoms with E-state index in [4.69, 9.17) is 9.52 Å². The maximum atomic E-state index is 10.8. The number of hydrogen-bond donors (Lipinski definition) is 2. The zero-order valence-electron chi connectivity index (χ0n) is 9.40. The van der Waals surface area contributed by atoms with Crippen LogP contribution in [0.1, 0.15) is 42.3 Å². The van der Waals surface area contributed by atoms with Gasteiger partial charge < -0.3 is 14.8 Å². The fourth-order valence-corrected chi connectivity index (χ4v) is 1.87. The zero-order valence-corrected chi connectivity index (χ0v) is 9.40. The summed E-state index contributed by atoms with van der Waals surface area (Å²) in [5.41, 5.74) is 0.256. The van der Waals surface area contributed by atoms with Crippen molar-refractivity contribution in [1.82, 2.24) is 5.32 Å². The summed E-state index contributed by atoms with van der Waals surface area (Å²) in [5, 5.41) is 12.2. The highest BCUT2D eigenvalue weighted by Crippen LogP contribution is 2.33. The normalized spacial score (nSPS) is 17.3. The molecule has 0 saturated heterocycles. The smallest absolute Gasteiger partial charge is 0.339 e. The number of carbonyl (C=O) groups is 1. The Balaban J connectivity index is 1.83. The van der Waals surface area contributed by atoms with Crippen LogP contribution < -0.4 is 5.32 Å². The molecule has 1 aliphatic rings. The van der Waals surface area contributed by atoms with Gasteiger partial charge in [0.2, 0.25) is 0 Å². The average Bonchev–Trinajstić information content (AvgIpc) is 2.91. The van der Waals surface area contributed by atoms with Crippen molar-refractivity contribution in [3.63, 3.8) is 0 Å². The Bertz CT molecular complexity index is 368. The molecule has 16 heavy (non-hydrogen) atoms. The second kappa shape index (κ2) is 4.70. The number of furan rings is 1. The monoisotopic (exact) mass is 223 g/mol. The topological polar surface area (TPSA) is 62.5 Å². The lowest BCUT2D eigenvalue weighted by Crippen LogP contribution is -2.26. The Morgan fingerprint density at radius 2 is 2.44 bits per heavy atom. The van der Waals surface area contributed by atoms with Crippen LogP contribution in [0.3, 0.4) is 0 Å². The van der Waals surface area contributed by atoms with E-state index in [1.807, 2.05) is 0 Å². The molecule has 0 aromatic carbocycles. The van der Waals surface area contributed by atoms with Gasteiger partial charge in [-0.2, -0.15) is 0 Å². The third-order valence-corrected chi connectivity index (χ3v) is 2.97. The first-order valence-electron chi connectivity index (χ1n) is 5.70. The van der Waals surface area contributed by atoms with Crippen LogP contribution >= 0.6 is 0 Å². The number of carboxylic acids is 1. The molecule has 1 aromatic heterocycles. The molecule has 1 aliphatic carbocycles. The van der Waals surface area contributed by atoms with Crippen molar-refractivity contribution in [2.45, 2.75) is 38.8 Å². The van der Waals surface area contributed by atoms with Gasteiger partial charge in [0, 0.05) is 6.04 Å². The molecule has 1 aromatic rings. The van der Waals surface area contributed by atoms with Gasteiger partial charge in [-0.1, -0.05) is 12.8 Å². The quantitative estimate of drug-likeness (QED) is 0.776. The lowest BCUT2D eigenvalue weighted by Gasteiger charge is -2.12. The van der Waals surface area contributed by atoms with E-state index in [1.165, 1.54) is 31.6 Å². The Morgan fingerprint density at radius 1 is 1.69 bits per heavy atom. The summed E-state index contributed by atoms with van der Waals surface area (Å²) in [7, 11) is 0. The van der Waals surface area contributed by atoms with Crippen molar-refractivity contribution in [2.75, 3.05) is 0 Å². The Hall–Kier alpha value is -1.29.